The van der Waals surface area contributed by atoms with Crippen LogP contribution in [-0.4, -0.2) is 21.5 Å². The molecular weight excluding hydrogens is 346 g/mol. The molecule has 0 unspecified atom stereocenters. The second kappa shape index (κ2) is 6.72. The van der Waals surface area contributed by atoms with E-state index in [4.69, 9.17) is 10.00 Å². The molecule has 2 aromatic carbocycles. The quantitative estimate of drug-likeness (QED) is 0.581. The van der Waals surface area contributed by atoms with Crippen molar-refractivity contribution in [2.24, 2.45) is 0 Å². The van der Waals surface area contributed by atoms with Gasteiger partial charge in [-0.05, 0) is 55.2 Å². The van der Waals surface area contributed by atoms with Crippen LogP contribution in [0.5, 0.6) is 0 Å². The second-order valence-electron chi connectivity index (χ2n) is 7.41. The third-order valence-electron chi connectivity index (χ3n) is 4.22. The molecule has 0 aromatic heterocycles. The van der Waals surface area contributed by atoms with Crippen molar-refractivity contribution in [3.8, 4) is 17.2 Å². The minimum atomic E-state index is -0.617. The first kappa shape index (κ1) is 18.4. The Kier molecular flexibility index (Phi) is 4.58. The maximum atomic E-state index is 12.4. The number of nitro benzene ring substituents is 1. The van der Waals surface area contributed by atoms with E-state index in [1.54, 1.807) is 45.0 Å². The van der Waals surface area contributed by atoms with Crippen LogP contribution in [-0.2, 0) is 17.8 Å². The Morgan fingerprint density at radius 2 is 1.89 bits per heavy atom. The molecular formula is C20H19N3O4. The van der Waals surface area contributed by atoms with Gasteiger partial charge in [0.15, 0.2) is 0 Å². The van der Waals surface area contributed by atoms with Crippen LogP contribution < -0.4 is 0 Å². The van der Waals surface area contributed by atoms with Gasteiger partial charge < -0.3 is 4.74 Å². The molecule has 1 amide bonds. The Bertz CT molecular complexity index is 953. The van der Waals surface area contributed by atoms with Crippen LogP contribution in [0.15, 0.2) is 36.4 Å². The van der Waals surface area contributed by atoms with Crippen LogP contribution in [0, 0.1) is 21.4 Å². The van der Waals surface area contributed by atoms with E-state index in [-0.39, 0.29) is 12.2 Å². The summed E-state index contributed by atoms with van der Waals surface area (Å²) >= 11 is 0. The summed E-state index contributed by atoms with van der Waals surface area (Å²) in [6.45, 7) is 5.95. The van der Waals surface area contributed by atoms with Crippen molar-refractivity contribution in [1.82, 2.24) is 4.90 Å². The average Bonchev–Trinajstić information content (AvgIpc) is 3.04. The van der Waals surface area contributed by atoms with Gasteiger partial charge in [0.1, 0.15) is 5.60 Å². The van der Waals surface area contributed by atoms with E-state index >= 15 is 0 Å². The number of nitro groups is 1. The molecule has 7 heteroatoms. The summed E-state index contributed by atoms with van der Waals surface area (Å²) in [4.78, 5) is 24.9. The van der Waals surface area contributed by atoms with Gasteiger partial charge in [0.05, 0.1) is 23.1 Å². The fourth-order valence-corrected chi connectivity index (χ4v) is 3.04. The van der Waals surface area contributed by atoms with Gasteiger partial charge in [-0.3, -0.25) is 15.0 Å². The number of fused-ring (bicyclic) bond motifs is 1. The van der Waals surface area contributed by atoms with Crippen molar-refractivity contribution in [2.75, 3.05) is 0 Å². The van der Waals surface area contributed by atoms with Crippen LogP contribution in [0.2, 0.25) is 0 Å². The van der Waals surface area contributed by atoms with Gasteiger partial charge in [-0.15, -0.1) is 0 Å². The zero-order valence-electron chi connectivity index (χ0n) is 15.4. The summed E-state index contributed by atoms with van der Waals surface area (Å²) in [7, 11) is 0. The number of carbonyl (C=O) groups excluding carboxylic acids is 1. The number of carbonyl (C=O) groups is 1. The molecule has 0 radical (unpaired) electrons. The molecule has 0 spiro atoms. The van der Waals surface area contributed by atoms with Gasteiger partial charge in [-0.2, -0.15) is 5.26 Å². The fraction of sp³-hybridized carbons (Fsp3) is 0.300. The summed E-state index contributed by atoms with van der Waals surface area (Å²) in [5, 5.41) is 20.3. The zero-order valence-corrected chi connectivity index (χ0v) is 15.4. The van der Waals surface area contributed by atoms with Crippen molar-refractivity contribution < 1.29 is 14.5 Å². The van der Waals surface area contributed by atoms with Crippen LogP contribution in [0.3, 0.4) is 0 Å². The lowest BCUT2D eigenvalue weighted by Gasteiger charge is -2.24. The molecule has 0 atom stereocenters. The first-order valence-corrected chi connectivity index (χ1v) is 8.46. The molecule has 1 aliphatic heterocycles. The predicted molar refractivity (Wildman–Crippen MR) is 98.7 cm³/mol. The van der Waals surface area contributed by atoms with Crippen LogP contribution >= 0.6 is 0 Å². The van der Waals surface area contributed by atoms with E-state index in [1.807, 2.05) is 0 Å². The lowest BCUT2D eigenvalue weighted by Crippen LogP contribution is -2.33. The monoisotopic (exact) mass is 365 g/mol. The van der Waals surface area contributed by atoms with Crippen LogP contribution in [0.25, 0.3) is 11.1 Å². The lowest BCUT2D eigenvalue weighted by molar-refractivity contribution is -0.384. The van der Waals surface area contributed by atoms with E-state index in [9.17, 15) is 14.9 Å². The highest BCUT2D eigenvalue weighted by molar-refractivity contribution is 5.76. The lowest BCUT2D eigenvalue weighted by atomic mass is 9.95. The molecule has 1 aliphatic rings. The molecule has 0 saturated heterocycles. The van der Waals surface area contributed by atoms with Gasteiger partial charge in [0.25, 0.3) is 5.69 Å². The Morgan fingerprint density at radius 1 is 1.22 bits per heavy atom. The first-order chi connectivity index (χ1) is 12.7. The Balaban J connectivity index is 2.01. The van der Waals surface area contributed by atoms with Crippen molar-refractivity contribution in [3.05, 3.63) is 63.2 Å². The second-order valence-corrected chi connectivity index (χ2v) is 7.41. The number of benzene rings is 2. The molecule has 0 bridgehead atoms. The number of non-ortho nitro benzene ring substituents is 1. The summed E-state index contributed by atoms with van der Waals surface area (Å²) in [6, 6.07) is 11.9. The number of ether oxygens (including phenoxy) is 1. The largest absolute Gasteiger partial charge is 0.444 e. The van der Waals surface area contributed by atoms with E-state index in [2.05, 4.69) is 6.07 Å². The van der Waals surface area contributed by atoms with Gasteiger partial charge in [-0.1, -0.05) is 12.1 Å². The van der Waals surface area contributed by atoms with Gasteiger partial charge in [0.2, 0.25) is 0 Å². The van der Waals surface area contributed by atoms with Crippen molar-refractivity contribution >= 4 is 11.8 Å². The molecule has 138 valence electrons. The zero-order chi connectivity index (χ0) is 19.8. The number of nitriles is 1. The predicted octanol–water partition coefficient (Wildman–Crippen LogP) is 4.38. The minimum Gasteiger partial charge on any atom is -0.444 e. The fourth-order valence-electron chi connectivity index (χ4n) is 3.04. The average molecular weight is 365 g/mol. The summed E-state index contributed by atoms with van der Waals surface area (Å²) in [5.41, 5.74) is 2.91. The van der Waals surface area contributed by atoms with Gasteiger partial charge in [0, 0.05) is 18.7 Å². The molecule has 0 aliphatic carbocycles. The summed E-state index contributed by atoms with van der Waals surface area (Å²) in [6.07, 6.45) is -0.452. The number of rotatable bonds is 2. The van der Waals surface area contributed by atoms with Gasteiger partial charge in [-0.25, -0.2) is 4.79 Å². The highest BCUT2D eigenvalue weighted by Crippen LogP contribution is 2.37. The molecule has 27 heavy (non-hydrogen) atoms. The van der Waals surface area contributed by atoms with Gasteiger partial charge >= 0.3 is 6.09 Å². The maximum Gasteiger partial charge on any atom is 0.410 e. The molecule has 0 N–H and O–H groups in total. The maximum absolute atomic E-state index is 12.4. The normalized spacial score (nSPS) is 13.0. The van der Waals surface area contributed by atoms with E-state index in [1.165, 1.54) is 17.0 Å². The van der Waals surface area contributed by atoms with Crippen LogP contribution in [0.4, 0.5) is 10.5 Å². The number of hydrogen-bond acceptors (Lipinski definition) is 5. The van der Waals surface area contributed by atoms with Crippen molar-refractivity contribution in [2.45, 2.75) is 39.5 Å². The van der Waals surface area contributed by atoms with Crippen molar-refractivity contribution in [3.63, 3.8) is 0 Å². The van der Waals surface area contributed by atoms with Crippen LogP contribution in [0.1, 0.15) is 37.5 Å². The minimum absolute atomic E-state index is 0.0286. The topological polar surface area (TPSA) is 96.5 Å². The molecule has 1 heterocycles. The number of nitrogens with zero attached hydrogens (tertiary/aromatic N) is 3. The highest BCUT2D eigenvalue weighted by atomic mass is 16.6. The number of hydrogen-bond donors (Lipinski definition) is 0. The number of amides is 1. The molecule has 3 rings (SSSR count). The smallest absolute Gasteiger partial charge is 0.410 e. The molecule has 2 aromatic rings. The Morgan fingerprint density at radius 3 is 2.44 bits per heavy atom. The van der Waals surface area contributed by atoms with E-state index in [0.29, 0.717) is 17.7 Å². The SMILES string of the molecule is CC(C)(C)OC(=O)N1Cc2cc([N+](=O)[O-])cc(-c3ccc(C#N)cc3)c2C1. The molecule has 0 saturated carbocycles. The summed E-state index contributed by atoms with van der Waals surface area (Å²) < 4.78 is 5.42. The highest BCUT2D eigenvalue weighted by Gasteiger charge is 2.31. The first-order valence-electron chi connectivity index (χ1n) is 8.46. The molecule has 0 fully saturated rings. The summed E-state index contributed by atoms with van der Waals surface area (Å²) in [5.74, 6) is 0. The third-order valence-corrected chi connectivity index (χ3v) is 4.22. The Hall–Kier alpha value is -3.40. The van der Waals surface area contributed by atoms with E-state index in [0.717, 1.165) is 16.7 Å². The van der Waals surface area contributed by atoms with E-state index < -0.39 is 16.6 Å². The molecule has 7 nitrogen and oxygen atoms in total. The standard InChI is InChI=1S/C20H19N3O4/c1-20(2,3)27-19(24)22-11-15-8-16(23(25)26)9-17(18(15)12-22)14-6-4-13(10-21)5-7-14/h4-9H,11-12H2,1-3H3. The van der Waals surface area contributed by atoms with Crippen molar-refractivity contribution in [1.29, 1.82) is 5.26 Å². The Labute approximate surface area is 156 Å². The third kappa shape index (κ3) is 3.90.